The second kappa shape index (κ2) is 16.8. The number of urea groups is 2. The van der Waals surface area contributed by atoms with Gasteiger partial charge in [-0.05, 0) is 92.1 Å². The molecule has 2 aliphatic heterocycles. The van der Waals surface area contributed by atoms with E-state index < -0.39 is 46.7 Å². The fourth-order valence-corrected chi connectivity index (χ4v) is 7.04. The highest BCUT2D eigenvalue weighted by Gasteiger charge is 2.32. The normalized spacial score (nSPS) is 14.0. The average Bonchev–Trinajstić information content (AvgIpc) is 3.61. The Morgan fingerprint density at radius 2 is 1.28 bits per heavy atom. The Balaban J connectivity index is 1.09. The molecule has 294 valence electrons. The maximum absolute atomic E-state index is 14.6. The minimum Gasteiger partial charge on any atom is -0.489 e. The lowest BCUT2D eigenvalue weighted by Gasteiger charge is -2.37. The summed E-state index contributed by atoms with van der Waals surface area (Å²) in [6.45, 7) is 8.16. The van der Waals surface area contributed by atoms with E-state index in [1.165, 1.54) is 17.0 Å². The largest absolute Gasteiger partial charge is 0.489 e. The molecule has 57 heavy (non-hydrogen) atoms. The van der Waals surface area contributed by atoms with Crippen molar-refractivity contribution < 1.29 is 36.7 Å². The van der Waals surface area contributed by atoms with Gasteiger partial charge in [-0.25, -0.2) is 32.1 Å². The number of imide groups is 1. The predicted octanol–water partition coefficient (Wildman–Crippen LogP) is 8.83. The monoisotopic (exact) mass is 780 g/mol. The number of hydrogen-bond donors (Lipinski definition) is 2. The molecule has 14 heteroatoms. The summed E-state index contributed by atoms with van der Waals surface area (Å²) >= 11 is 0. The van der Waals surface area contributed by atoms with Gasteiger partial charge >= 0.3 is 12.1 Å². The van der Waals surface area contributed by atoms with Gasteiger partial charge in [0.15, 0.2) is 0 Å². The van der Waals surface area contributed by atoms with Crippen LogP contribution < -0.4 is 30.1 Å². The zero-order chi connectivity index (χ0) is 40.2. The van der Waals surface area contributed by atoms with Crippen LogP contribution in [0.25, 0.3) is 0 Å². The molecule has 5 aromatic carbocycles. The lowest BCUT2D eigenvalue weighted by atomic mass is 10.1. The summed E-state index contributed by atoms with van der Waals surface area (Å²) in [7, 11) is 0. The Kier molecular flexibility index (Phi) is 11.4. The summed E-state index contributed by atoms with van der Waals surface area (Å²) in [4.78, 5) is 48.0. The Labute approximate surface area is 327 Å². The molecule has 0 unspecified atom stereocenters. The molecule has 0 aromatic heterocycles. The first-order valence-electron chi connectivity index (χ1n) is 18.5. The van der Waals surface area contributed by atoms with Crippen molar-refractivity contribution in [1.29, 1.82) is 0 Å². The van der Waals surface area contributed by atoms with Crippen LogP contribution in [0.2, 0.25) is 0 Å². The molecule has 0 aliphatic carbocycles. The number of para-hydroxylation sites is 4. The van der Waals surface area contributed by atoms with E-state index in [1.54, 1.807) is 12.1 Å². The number of hydrogen-bond acceptors (Lipinski definition) is 6. The minimum atomic E-state index is -1.33. The number of nitrogens with one attached hydrogen (secondary N) is 2. The molecule has 1 saturated heterocycles. The number of piperazine rings is 1. The molecule has 0 saturated carbocycles. The van der Waals surface area contributed by atoms with Crippen LogP contribution in [0.15, 0.2) is 103 Å². The number of nitrogens with zero attached hydrogens (tertiary/aromatic N) is 4. The van der Waals surface area contributed by atoms with Crippen LogP contribution in [-0.4, -0.2) is 61.7 Å². The Bertz CT molecular complexity index is 2210. The first-order valence-corrected chi connectivity index (χ1v) is 18.5. The van der Waals surface area contributed by atoms with Crippen molar-refractivity contribution >= 4 is 46.4 Å². The van der Waals surface area contributed by atoms with E-state index in [4.69, 9.17) is 4.74 Å². The topological polar surface area (TPSA) is 97.5 Å². The molecule has 0 bridgehead atoms. The van der Waals surface area contributed by atoms with Crippen molar-refractivity contribution in [1.82, 2.24) is 4.90 Å². The van der Waals surface area contributed by atoms with Crippen molar-refractivity contribution in [2.24, 2.45) is 0 Å². The summed E-state index contributed by atoms with van der Waals surface area (Å²) in [6, 6.07) is 23.0. The summed E-state index contributed by atoms with van der Waals surface area (Å²) < 4.78 is 64.3. The van der Waals surface area contributed by atoms with Crippen LogP contribution in [0.5, 0.6) is 5.75 Å². The molecule has 1 fully saturated rings. The van der Waals surface area contributed by atoms with Crippen molar-refractivity contribution in [3.8, 4) is 5.75 Å². The SMILES string of the molecule is CC(C)Oc1ccccc1N1CCN(Cc2cccc(C(=O)N3CCc4ccc(N(C(=O)Nc5c(F)cccc5F)C(=O)Nc5c(F)cccc5F)cc43)c2)CC1. The van der Waals surface area contributed by atoms with E-state index in [9.17, 15) is 31.9 Å². The lowest BCUT2D eigenvalue weighted by molar-refractivity contribution is 0.0989. The maximum atomic E-state index is 14.6. The van der Waals surface area contributed by atoms with Crippen LogP contribution >= 0.6 is 0 Å². The third-order valence-electron chi connectivity index (χ3n) is 9.78. The second-order valence-electron chi connectivity index (χ2n) is 14.0. The highest BCUT2D eigenvalue weighted by atomic mass is 19.1. The van der Waals surface area contributed by atoms with Crippen LogP contribution in [0.4, 0.5) is 55.6 Å². The standard InChI is InChI=1S/C43H40F4N6O4/c1-27(2)57-38-15-4-3-14-36(38)51-22-20-50(21-23-51)26-28-8-5-9-30(24-28)41(54)52-19-18-29-16-17-31(25-37(29)52)53(42(55)48-39-32(44)10-6-11-33(39)45)43(56)49-40-34(46)12-7-13-35(40)47/h3-17,24-25,27H,18-23,26H2,1-2H3,(H,48,55)(H,49,56). The summed E-state index contributed by atoms with van der Waals surface area (Å²) in [5.41, 5.74) is 1.77. The number of benzene rings is 5. The number of amides is 5. The summed E-state index contributed by atoms with van der Waals surface area (Å²) in [6.07, 6.45) is 0.528. The van der Waals surface area contributed by atoms with E-state index in [-0.39, 0.29) is 17.7 Å². The number of anilines is 5. The first kappa shape index (κ1) is 38.8. The minimum absolute atomic E-state index is 0.0598. The van der Waals surface area contributed by atoms with Gasteiger partial charge < -0.3 is 25.2 Å². The third-order valence-corrected chi connectivity index (χ3v) is 9.78. The van der Waals surface area contributed by atoms with Crippen molar-refractivity contribution in [2.45, 2.75) is 32.9 Å². The molecule has 2 aliphatic rings. The van der Waals surface area contributed by atoms with E-state index in [0.717, 1.165) is 85.1 Å². The summed E-state index contributed by atoms with van der Waals surface area (Å²) in [5, 5.41) is 4.11. The van der Waals surface area contributed by atoms with Crippen molar-refractivity contribution in [3.05, 3.63) is 143 Å². The van der Waals surface area contributed by atoms with E-state index in [0.29, 0.717) is 35.7 Å². The molecule has 0 atom stereocenters. The van der Waals surface area contributed by atoms with Crippen LogP contribution in [0.1, 0.15) is 35.3 Å². The third kappa shape index (κ3) is 8.55. The van der Waals surface area contributed by atoms with Gasteiger partial charge in [0.2, 0.25) is 0 Å². The number of carbonyl (C=O) groups is 3. The van der Waals surface area contributed by atoms with Crippen molar-refractivity contribution in [2.75, 3.05) is 58.1 Å². The zero-order valence-corrected chi connectivity index (χ0v) is 31.3. The number of carbonyl (C=O) groups excluding carboxylic acids is 3. The first-order chi connectivity index (χ1) is 27.5. The maximum Gasteiger partial charge on any atom is 0.334 e. The average molecular weight is 781 g/mol. The van der Waals surface area contributed by atoms with Gasteiger partial charge in [-0.2, -0.15) is 0 Å². The Morgan fingerprint density at radius 3 is 1.89 bits per heavy atom. The van der Waals surface area contributed by atoms with Gasteiger partial charge in [-0.3, -0.25) is 9.69 Å². The zero-order valence-electron chi connectivity index (χ0n) is 31.3. The smallest absolute Gasteiger partial charge is 0.334 e. The number of halogens is 4. The van der Waals surface area contributed by atoms with E-state index in [1.807, 2.05) is 50.2 Å². The number of fused-ring (bicyclic) bond motifs is 1. The second-order valence-corrected chi connectivity index (χ2v) is 14.0. The molecule has 5 amide bonds. The highest BCUT2D eigenvalue weighted by Crippen LogP contribution is 2.35. The Morgan fingerprint density at radius 1 is 0.684 bits per heavy atom. The van der Waals surface area contributed by atoms with Gasteiger partial charge in [0, 0.05) is 50.5 Å². The van der Waals surface area contributed by atoms with E-state index in [2.05, 4.69) is 26.5 Å². The number of ether oxygens (including phenoxy) is 1. The van der Waals surface area contributed by atoms with Gasteiger partial charge in [-0.15, -0.1) is 0 Å². The molecular formula is C43H40F4N6O4. The van der Waals surface area contributed by atoms with Gasteiger partial charge in [0.25, 0.3) is 5.91 Å². The van der Waals surface area contributed by atoms with Crippen LogP contribution in [0.3, 0.4) is 0 Å². The molecule has 2 heterocycles. The molecule has 2 N–H and O–H groups in total. The molecule has 10 nitrogen and oxygen atoms in total. The predicted molar refractivity (Wildman–Crippen MR) is 211 cm³/mol. The molecule has 0 radical (unpaired) electrons. The van der Waals surface area contributed by atoms with E-state index >= 15 is 0 Å². The molecule has 0 spiro atoms. The molecular weight excluding hydrogens is 741 g/mol. The summed E-state index contributed by atoms with van der Waals surface area (Å²) in [5.74, 6) is -3.91. The van der Waals surface area contributed by atoms with Crippen LogP contribution in [-0.2, 0) is 13.0 Å². The van der Waals surface area contributed by atoms with Crippen LogP contribution in [0, 0.1) is 23.3 Å². The van der Waals surface area contributed by atoms with Gasteiger partial charge in [-0.1, -0.05) is 42.5 Å². The van der Waals surface area contributed by atoms with Gasteiger partial charge in [0.05, 0.1) is 17.5 Å². The fraction of sp³-hybridized carbons (Fsp3) is 0.233. The van der Waals surface area contributed by atoms with Gasteiger partial charge in [0.1, 0.15) is 40.4 Å². The highest BCUT2D eigenvalue weighted by molar-refractivity contribution is 6.22. The molecule has 7 rings (SSSR count). The molecule has 5 aromatic rings. The van der Waals surface area contributed by atoms with Crippen molar-refractivity contribution in [3.63, 3.8) is 0 Å². The lowest BCUT2D eigenvalue weighted by Crippen LogP contribution is -2.46. The number of rotatable bonds is 9. The fourth-order valence-electron chi connectivity index (χ4n) is 7.04. The Hall–Kier alpha value is -6.41. The quantitative estimate of drug-likeness (QED) is 0.145.